The smallest absolute Gasteiger partial charge is 0.283 e. The molecule has 1 aliphatic carbocycles. The van der Waals surface area contributed by atoms with Gasteiger partial charge in [0.1, 0.15) is 6.33 Å². The van der Waals surface area contributed by atoms with Crippen LogP contribution in [0.2, 0.25) is 0 Å². The van der Waals surface area contributed by atoms with Crippen molar-refractivity contribution in [3.8, 4) is 0 Å². The van der Waals surface area contributed by atoms with Gasteiger partial charge in [-0.3, -0.25) is 9.88 Å². The summed E-state index contributed by atoms with van der Waals surface area (Å²) in [6.07, 6.45) is 6.89. The minimum atomic E-state index is -0.229. The molecule has 1 aromatic carbocycles. The highest BCUT2D eigenvalue weighted by Gasteiger charge is 2.22. The van der Waals surface area contributed by atoms with Gasteiger partial charge in [-0.25, -0.2) is 14.8 Å². The van der Waals surface area contributed by atoms with E-state index >= 15 is 0 Å². The standard InChI is InChI=1S/C15H13BrN4OS/c16-10-3-4-12-13(6-10)22-14(18-12)19-15(21)20-7-11(17-8-20)5-9-1-2-9/h3-4,6-9H,1-2,5H2,(H,18,19,21). The minimum absolute atomic E-state index is 0.229. The molecule has 0 aliphatic heterocycles. The number of rotatable bonds is 3. The second kappa shape index (κ2) is 5.48. The highest BCUT2D eigenvalue weighted by Crippen LogP contribution is 2.32. The van der Waals surface area contributed by atoms with E-state index < -0.39 is 0 Å². The molecule has 0 saturated heterocycles. The lowest BCUT2D eigenvalue weighted by Crippen LogP contribution is -2.17. The number of hydrogen-bond donors (Lipinski definition) is 1. The summed E-state index contributed by atoms with van der Waals surface area (Å²) in [7, 11) is 0. The topological polar surface area (TPSA) is 59.8 Å². The Kier molecular flexibility index (Phi) is 3.46. The summed E-state index contributed by atoms with van der Waals surface area (Å²) >= 11 is 4.89. The van der Waals surface area contributed by atoms with E-state index in [-0.39, 0.29) is 6.03 Å². The predicted molar refractivity (Wildman–Crippen MR) is 90.4 cm³/mol. The van der Waals surface area contributed by atoms with Gasteiger partial charge in [0.15, 0.2) is 5.13 Å². The SMILES string of the molecule is O=C(Nc1nc2ccc(Br)cc2s1)n1cnc(CC2CC2)c1. The van der Waals surface area contributed by atoms with E-state index in [1.54, 1.807) is 12.5 Å². The van der Waals surface area contributed by atoms with Crippen LogP contribution in [0.1, 0.15) is 18.5 Å². The highest BCUT2D eigenvalue weighted by atomic mass is 79.9. The van der Waals surface area contributed by atoms with Crippen molar-refractivity contribution < 1.29 is 4.79 Å². The number of thiazole rings is 1. The summed E-state index contributed by atoms with van der Waals surface area (Å²) in [5, 5.41) is 3.42. The lowest BCUT2D eigenvalue weighted by atomic mass is 10.2. The van der Waals surface area contributed by atoms with Gasteiger partial charge in [-0.15, -0.1) is 0 Å². The molecule has 1 saturated carbocycles. The van der Waals surface area contributed by atoms with Gasteiger partial charge in [0.05, 0.1) is 15.9 Å². The van der Waals surface area contributed by atoms with Crippen LogP contribution < -0.4 is 5.32 Å². The van der Waals surface area contributed by atoms with Crippen LogP contribution in [0.3, 0.4) is 0 Å². The van der Waals surface area contributed by atoms with E-state index in [9.17, 15) is 4.79 Å². The summed E-state index contributed by atoms with van der Waals surface area (Å²) in [6, 6.07) is 5.63. The van der Waals surface area contributed by atoms with Crippen LogP contribution in [0.4, 0.5) is 9.93 Å². The van der Waals surface area contributed by atoms with Gasteiger partial charge in [0, 0.05) is 10.7 Å². The summed E-state index contributed by atoms with van der Waals surface area (Å²) in [4.78, 5) is 21.0. The number of nitrogens with zero attached hydrogens (tertiary/aromatic N) is 3. The van der Waals surface area contributed by atoms with Gasteiger partial charge in [-0.2, -0.15) is 0 Å². The van der Waals surface area contributed by atoms with Gasteiger partial charge in [-0.1, -0.05) is 27.3 Å². The third-order valence-electron chi connectivity index (χ3n) is 3.63. The van der Waals surface area contributed by atoms with Gasteiger partial charge >= 0.3 is 6.03 Å². The van der Waals surface area contributed by atoms with Gasteiger partial charge in [0.25, 0.3) is 0 Å². The number of imidazole rings is 1. The molecule has 0 atom stereocenters. The third kappa shape index (κ3) is 2.91. The van der Waals surface area contributed by atoms with E-state index in [0.29, 0.717) is 5.13 Å². The minimum Gasteiger partial charge on any atom is -0.283 e. The summed E-state index contributed by atoms with van der Waals surface area (Å²) in [5.41, 5.74) is 1.86. The van der Waals surface area contributed by atoms with Gasteiger partial charge < -0.3 is 0 Å². The fraction of sp³-hybridized carbons (Fsp3) is 0.267. The Morgan fingerprint density at radius 2 is 2.32 bits per heavy atom. The summed E-state index contributed by atoms with van der Waals surface area (Å²) in [5.74, 6) is 0.758. The number of benzene rings is 1. The molecule has 1 N–H and O–H groups in total. The molecule has 2 heterocycles. The molecule has 0 bridgehead atoms. The van der Waals surface area contributed by atoms with Crippen LogP contribution in [0.25, 0.3) is 10.2 Å². The van der Waals surface area contributed by atoms with Crippen molar-refractivity contribution in [3.05, 3.63) is 40.9 Å². The molecular formula is C15H13BrN4OS. The fourth-order valence-corrected chi connectivity index (χ4v) is 3.71. The third-order valence-corrected chi connectivity index (χ3v) is 5.06. The molecule has 1 amide bonds. The van der Waals surface area contributed by atoms with Crippen molar-refractivity contribution in [2.24, 2.45) is 5.92 Å². The molecule has 2 aromatic heterocycles. The monoisotopic (exact) mass is 376 g/mol. The Morgan fingerprint density at radius 1 is 1.45 bits per heavy atom. The largest absolute Gasteiger partial charge is 0.333 e. The van der Waals surface area contributed by atoms with Crippen LogP contribution in [-0.2, 0) is 6.42 Å². The Bertz CT molecular complexity index is 852. The lowest BCUT2D eigenvalue weighted by molar-refractivity contribution is 0.253. The number of amides is 1. The molecule has 5 nitrogen and oxygen atoms in total. The molecule has 3 aromatic rings. The highest BCUT2D eigenvalue weighted by molar-refractivity contribution is 9.10. The number of fused-ring (bicyclic) bond motifs is 1. The molecule has 112 valence electrons. The van der Waals surface area contributed by atoms with E-state index in [1.165, 1.54) is 28.7 Å². The number of carbonyl (C=O) groups is 1. The lowest BCUT2D eigenvalue weighted by Gasteiger charge is -2.00. The van der Waals surface area contributed by atoms with Gasteiger partial charge in [0.2, 0.25) is 0 Å². The number of halogens is 1. The van der Waals surface area contributed by atoms with Gasteiger partial charge in [-0.05, 0) is 43.4 Å². The second-order valence-electron chi connectivity index (χ2n) is 5.48. The van der Waals surface area contributed by atoms with E-state index in [2.05, 4.69) is 31.2 Å². The summed E-state index contributed by atoms with van der Waals surface area (Å²) in [6.45, 7) is 0. The molecule has 22 heavy (non-hydrogen) atoms. The Balaban J connectivity index is 1.50. The molecule has 0 unspecified atom stereocenters. The molecule has 4 rings (SSSR count). The first-order valence-electron chi connectivity index (χ1n) is 7.08. The molecule has 1 aliphatic rings. The molecule has 0 spiro atoms. The first-order valence-corrected chi connectivity index (χ1v) is 8.68. The Morgan fingerprint density at radius 3 is 3.14 bits per heavy atom. The Labute approximate surface area is 139 Å². The van der Waals surface area contributed by atoms with Crippen molar-refractivity contribution >= 4 is 48.6 Å². The fourth-order valence-electron chi connectivity index (χ4n) is 2.31. The van der Waals surface area contributed by atoms with Crippen LogP contribution in [0.5, 0.6) is 0 Å². The average Bonchev–Trinajstić information content (AvgIpc) is 3.02. The van der Waals surface area contributed by atoms with Crippen LogP contribution in [0.15, 0.2) is 35.2 Å². The maximum Gasteiger partial charge on any atom is 0.333 e. The van der Waals surface area contributed by atoms with Crippen molar-refractivity contribution in [1.82, 2.24) is 14.5 Å². The maximum atomic E-state index is 12.2. The Hall–Kier alpha value is -1.73. The van der Waals surface area contributed by atoms with E-state index in [0.717, 1.165) is 32.7 Å². The number of anilines is 1. The van der Waals surface area contributed by atoms with Crippen LogP contribution >= 0.6 is 27.3 Å². The quantitative estimate of drug-likeness (QED) is 0.741. The van der Waals surface area contributed by atoms with Crippen LogP contribution in [0, 0.1) is 5.92 Å². The number of nitrogens with one attached hydrogen (secondary N) is 1. The van der Waals surface area contributed by atoms with E-state index in [1.807, 2.05) is 18.2 Å². The zero-order chi connectivity index (χ0) is 15.1. The molecule has 0 radical (unpaired) electrons. The van der Waals surface area contributed by atoms with Crippen molar-refractivity contribution in [2.75, 3.05) is 5.32 Å². The second-order valence-corrected chi connectivity index (χ2v) is 7.43. The van der Waals surface area contributed by atoms with E-state index in [4.69, 9.17) is 0 Å². The van der Waals surface area contributed by atoms with Crippen LogP contribution in [-0.4, -0.2) is 20.6 Å². The maximum absolute atomic E-state index is 12.2. The van der Waals surface area contributed by atoms with Crippen molar-refractivity contribution in [1.29, 1.82) is 0 Å². The van der Waals surface area contributed by atoms with Crippen molar-refractivity contribution in [3.63, 3.8) is 0 Å². The number of hydrogen-bond acceptors (Lipinski definition) is 4. The summed E-state index contributed by atoms with van der Waals surface area (Å²) < 4.78 is 3.52. The zero-order valence-electron chi connectivity index (χ0n) is 11.6. The normalized spacial score (nSPS) is 14.4. The average molecular weight is 377 g/mol. The molecule has 7 heteroatoms. The zero-order valence-corrected chi connectivity index (χ0v) is 14.0. The number of carbonyl (C=O) groups excluding carboxylic acids is 1. The molecule has 1 fully saturated rings. The predicted octanol–water partition coefficient (Wildman–Crippen LogP) is 4.29. The molecular weight excluding hydrogens is 364 g/mol. The first-order chi connectivity index (χ1) is 10.7. The number of aromatic nitrogens is 3. The van der Waals surface area contributed by atoms with Crippen molar-refractivity contribution in [2.45, 2.75) is 19.3 Å². The first kappa shape index (κ1) is 13.9.